The lowest BCUT2D eigenvalue weighted by atomic mass is 10.2. The van der Waals surface area contributed by atoms with Crippen molar-refractivity contribution in [3.63, 3.8) is 0 Å². The molecule has 4 rings (SSSR count). The number of thioether (sulfide) groups is 1. The maximum Gasteiger partial charge on any atom is 0.233 e. The highest BCUT2D eigenvalue weighted by Crippen LogP contribution is 2.32. The minimum Gasteiger partial charge on any atom is -0.454 e. The molecule has 3 aromatic rings. The lowest BCUT2D eigenvalue weighted by molar-refractivity contribution is -0.120. The first kappa shape index (κ1) is 18.2. The number of nitrogens with two attached hydrogens (primary N) is 1. The van der Waals surface area contributed by atoms with E-state index in [0.29, 0.717) is 17.5 Å². The maximum atomic E-state index is 12.5. The van der Waals surface area contributed by atoms with Gasteiger partial charge in [0.25, 0.3) is 0 Å². The summed E-state index contributed by atoms with van der Waals surface area (Å²) in [6, 6.07) is 15.4. The van der Waals surface area contributed by atoms with Crippen molar-refractivity contribution in [2.45, 2.75) is 23.9 Å². The molecule has 1 atom stereocenters. The molecule has 7 nitrogen and oxygen atoms in total. The van der Waals surface area contributed by atoms with Crippen LogP contribution in [0.5, 0.6) is 11.5 Å². The van der Waals surface area contributed by atoms with Gasteiger partial charge in [-0.2, -0.15) is 0 Å². The number of amides is 1. The molecule has 0 unspecified atom stereocenters. The summed E-state index contributed by atoms with van der Waals surface area (Å²) >= 11 is 1.32. The van der Waals surface area contributed by atoms with Crippen molar-refractivity contribution in [2.24, 2.45) is 0 Å². The molecule has 0 saturated heterocycles. The number of nitrogens with zero attached hydrogens (tertiary/aromatic N) is 2. The zero-order valence-electron chi connectivity index (χ0n) is 15.3. The molecule has 0 radical (unpaired) electrons. The second-order valence-electron chi connectivity index (χ2n) is 6.35. The third-order valence-electron chi connectivity index (χ3n) is 4.32. The van der Waals surface area contributed by atoms with Gasteiger partial charge in [-0.25, -0.2) is 9.66 Å². The number of carbonyl (C=O) groups is 1. The molecule has 0 aliphatic carbocycles. The van der Waals surface area contributed by atoms with Crippen LogP contribution in [0.25, 0.3) is 11.3 Å². The van der Waals surface area contributed by atoms with E-state index in [4.69, 9.17) is 15.3 Å². The molecule has 8 heteroatoms. The number of nitrogens with one attached hydrogen (secondary N) is 1. The highest BCUT2D eigenvalue weighted by molar-refractivity contribution is 8.00. The lowest BCUT2D eigenvalue weighted by Crippen LogP contribution is -2.30. The topological polar surface area (TPSA) is 91.4 Å². The smallest absolute Gasteiger partial charge is 0.233 e. The molecule has 28 heavy (non-hydrogen) atoms. The Morgan fingerprint density at radius 3 is 2.86 bits per heavy atom. The number of benzene rings is 2. The van der Waals surface area contributed by atoms with Crippen LogP contribution in [0.4, 0.5) is 0 Å². The molecular weight excluding hydrogens is 376 g/mol. The highest BCUT2D eigenvalue weighted by atomic mass is 32.2. The third-order valence-corrected chi connectivity index (χ3v) is 5.40. The van der Waals surface area contributed by atoms with E-state index in [9.17, 15) is 4.79 Å². The Morgan fingerprint density at radius 1 is 1.25 bits per heavy atom. The Morgan fingerprint density at radius 2 is 2.04 bits per heavy atom. The number of hydrogen-bond acceptors (Lipinski definition) is 6. The monoisotopic (exact) mass is 396 g/mol. The highest BCUT2D eigenvalue weighted by Gasteiger charge is 2.19. The number of rotatable bonds is 6. The average Bonchev–Trinajstić information content (AvgIpc) is 3.33. The van der Waals surface area contributed by atoms with E-state index in [1.54, 1.807) is 6.20 Å². The quantitative estimate of drug-likeness (QED) is 0.492. The summed E-state index contributed by atoms with van der Waals surface area (Å²) in [7, 11) is 0. The van der Waals surface area contributed by atoms with Crippen LogP contribution in [-0.4, -0.2) is 27.6 Å². The average molecular weight is 396 g/mol. The van der Waals surface area contributed by atoms with Crippen LogP contribution in [-0.2, 0) is 11.3 Å². The van der Waals surface area contributed by atoms with E-state index in [-0.39, 0.29) is 18.0 Å². The minimum atomic E-state index is -0.345. The summed E-state index contributed by atoms with van der Waals surface area (Å²) in [5, 5.41) is 3.18. The van der Waals surface area contributed by atoms with E-state index in [1.165, 1.54) is 16.4 Å². The van der Waals surface area contributed by atoms with Crippen molar-refractivity contribution in [1.29, 1.82) is 0 Å². The van der Waals surface area contributed by atoms with Crippen molar-refractivity contribution in [1.82, 2.24) is 15.0 Å². The molecule has 0 saturated carbocycles. The fourth-order valence-corrected chi connectivity index (χ4v) is 3.64. The number of aromatic nitrogens is 2. The van der Waals surface area contributed by atoms with Gasteiger partial charge in [-0.05, 0) is 24.6 Å². The molecule has 3 N–H and O–H groups in total. The fourth-order valence-electron chi connectivity index (χ4n) is 2.81. The summed E-state index contributed by atoms with van der Waals surface area (Å²) in [4.78, 5) is 17.0. The summed E-state index contributed by atoms with van der Waals surface area (Å²) in [5.41, 5.74) is 2.70. The molecule has 2 heterocycles. The number of hydrogen-bond donors (Lipinski definition) is 2. The largest absolute Gasteiger partial charge is 0.454 e. The van der Waals surface area contributed by atoms with Gasteiger partial charge >= 0.3 is 0 Å². The van der Waals surface area contributed by atoms with Gasteiger partial charge in [0.1, 0.15) is 0 Å². The second-order valence-corrected chi connectivity index (χ2v) is 7.66. The van der Waals surface area contributed by atoms with Crippen LogP contribution < -0.4 is 20.6 Å². The Balaban J connectivity index is 1.36. The maximum absolute atomic E-state index is 12.5. The van der Waals surface area contributed by atoms with Gasteiger partial charge in [-0.3, -0.25) is 4.79 Å². The first-order chi connectivity index (χ1) is 13.6. The molecule has 2 aromatic carbocycles. The number of ether oxygens (including phenoxy) is 2. The number of carbonyl (C=O) groups excluding carboxylic acids is 1. The first-order valence-electron chi connectivity index (χ1n) is 8.83. The Labute approximate surface area is 166 Å². The van der Waals surface area contributed by atoms with Crippen LogP contribution in [0.15, 0.2) is 59.9 Å². The zero-order valence-corrected chi connectivity index (χ0v) is 16.1. The van der Waals surface area contributed by atoms with Crippen LogP contribution in [0.2, 0.25) is 0 Å². The number of fused-ring (bicyclic) bond motifs is 1. The normalized spacial score (nSPS) is 13.3. The van der Waals surface area contributed by atoms with Crippen molar-refractivity contribution < 1.29 is 14.3 Å². The van der Waals surface area contributed by atoms with Gasteiger partial charge in [0.15, 0.2) is 16.7 Å². The summed E-state index contributed by atoms with van der Waals surface area (Å²) in [6.07, 6.45) is 1.76. The fraction of sp³-hybridized carbons (Fsp3) is 0.200. The lowest BCUT2D eigenvalue weighted by Gasteiger charge is -2.11. The molecule has 1 aromatic heterocycles. The van der Waals surface area contributed by atoms with Gasteiger partial charge in [-0.1, -0.05) is 48.2 Å². The van der Waals surface area contributed by atoms with Gasteiger partial charge in [0, 0.05) is 12.1 Å². The molecule has 144 valence electrons. The van der Waals surface area contributed by atoms with E-state index >= 15 is 0 Å². The molecule has 1 amide bonds. The molecule has 1 aliphatic heterocycles. The zero-order chi connectivity index (χ0) is 19.5. The summed E-state index contributed by atoms with van der Waals surface area (Å²) < 4.78 is 12.1. The van der Waals surface area contributed by atoms with Crippen LogP contribution in [0.3, 0.4) is 0 Å². The van der Waals surface area contributed by atoms with Crippen molar-refractivity contribution in [3.05, 3.63) is 60.3 Å². The van der Waals surface area contributed by atoms with Crippen LogP contribution >= 0.6 is 11.8 Å². The molecule has 0 spiro atoms. The van der Waals surface area contributed by atoms with E-state index in [0.717, 1.165) is 22.6 Å². The Kier molecular flexibility index (Phi) is 5.12. The van der Waals surface area contributed by atoms with Crippen molar-refractivity contribution in [3.8, 4) is 22.8 Å². The number of nitrogen functional groups attached to an aromatic ring is 1. The Hall–Kier alpha value is -3.13. The summed E-state index contributed by atoms with van der Waals surface area (Å²) in [5.74, 6) is 7.36. The molecule has 0 fully saturated rings. The number of imidazole rings is 1. The Bertz CT molecular complexity index is 990. The van der Waals surface area contributed by atoms with Gasteiger partial charge in [0.2, 0.25) is 12.7 Å². The van der Waals surface area contributed by atoms with E-state index < -0.39 is 0 Å². The standard InChI is InChI=1S/C20H20N4O3S/c1-13(19(25)22-10-14-7-8-17-18(9-14)27-12-26-17)28-20-23-16(11-24(20)21)15-5-3-2-4-6-15/h2-9,11,13H,10,12,21H2,1H3,(H,22,25)/t13-/m1/s1. The van der Waals surface area contributed by atoms with E-state index in [2.05, 4.69) is 10.3 Å². The van der Waals surface area contributed by atoms with Crippen LogP contribution in [0.1, 0.15) is 12.5 Å². The predicted octanol–water partition coefficient (Wildman–Crippen LogP) is 2.79. The summed E-state index contributed by atoms with van der Waals surface area (Å²) in [6.45, 7) is 2.47. The van der Waals surface area contributed by atoms with Gasteiger partial charge in [-0.15, -0.1) is 0 Å². The van der Waals surface area contributed by atoms with Crippen molar-refractivity contribution in [2.75, 3.05) is 12.6 Å². The third kappa shape index (κ3) is 3.91. The minimum absolute atomic E-state index is 0.0908. The first-order valence-corrected chi connectivity index (χ1v) is 9.71. The molecule has 0 bridgehead atoms. The predicted molar refractivity (Wildman–Crippen MR) is 108 cm³/mol. The molecular formula is C20H20N4O3S. The van der Waals surface area contributed by atoms with Crippen LogP contribution in [0, 0.1) is 0 Å². The second kappa shape index (κ2) is 7.85. The van der Waals surface area contributed by atoms with Gasteiger partial charge < -0.3 is 20.6 Å². The van der Waals surface area contributed by atoms with Crippen molar-refractivity contribution >= 4 is 17.7 Å². The SMILES string of the molecule is C[C@@H](Sc1nc(-c2ccccc2)cn1N)C(=O)NCc1ccc2c(c1)OCO2. The van der Waals surface area contributed by atoms with Gasteiger partial charge in [0.05, 0.1) is 17.1 Å². The molecule has 1 aliphatic rings. The van der Waals surface area contributed by atoms with E-state index in [1.807, 2.05) is 55.5 Å².